The van der Waals surface area contributed by atoms with Crippen LogP contribution in [0.2, 0.25) is 0 Å². The number of hydrogen-bond donors (Lipinski definition) is 4. The molecule has 2 saturated heterocycles. The molecule has 1 aromatic heterocycles. The van der Waals surface area contributed by atoms with Crippen LogP contribution in [-0.4, -0.2) is 95.0 Å². The van der Waals surface area contributed by atoms with Crippen molar-refractivity contribution >= 4 is 46.8 Å². The van der Waals surface area contributed by atoms with Gasteiger partial charge in [0.15, 0.2) is 0 Å². The van der Waals surface area contributed by atoms with Crippen LogP contribution in [0.5, 0.6) is 0 Å². The molecule has 66 heavy (non-hydrogen) atoms. The Morgan fingerprint density at radius 3 is 2.23 bits per heavy atom. The van der Waals surface area contributed by atoms with Crippen LogP contribution >= 0.6 is 0 Å². The van der Waals surface area contributed by atoms with Crippen molar-refractivity contribution in [3.63, 3.8) is 0 Å². The number of anilines is 2. The van der Waals surface area contributed by atoms with Crippen LogP contribution in [0.4, 0.5) is 28.9 Å². The maximum atomic E-state index is 15.8. The molecule has 3 aliphatic rings. The molecular weight excluding hydrogens is 863 g/mol. The first kappa shape index (κ1) is 47.3. The number of rotatable bonds is 15. The van der Waals surface area contributed by atoms with Gasteiger partial charge in [-0.05, 0) is 88.0 Å². The maximum Gasteiger partial charge on any atom is 0.417 e. The molecule has 0 saturated carbocycles. The van der Waals surface area contributed by atoms with E-state index in [4.69, 9.17) is 0 Å². The zero-order valence-electron chi connectivity index (χ0n) is 36.8. The average molecular weight is 914 g/mol. The van der Waals surface area contributed by atoms with Crippen LogP contribution < -0.4 is 26.4 Å². The van der Waals surface area contributed by atoms with Crippen LogP contribution in [-0.2, 0) is 22.2 Å². The minimum Gasteiger partial charge on any atom is -0.367 e. The van der Waals surface area contributed by atoms with Crippen molar-refractivity contribution in [1.82, 2.24) is 25.4 Å². The van der Waals surface area contributed by atoms with E-state index < -0.39 is 70.2 Å². The number of aromatic amines is 1. The molecule has 14 nitrogen and oxygen atoms in total. The number of amides is 6. The van der Waals surface area contributed by atoms with Crippen LogP contribution in [0.25, 0.3) is 11.1 Å². The number of pyridine rings is 1. The number of carbonyl (C=O) groups excluding carboxylic acids is 6. The molecule has 6 amide bonds. The van der Waals surface area contributed by atoms with Crippen molar-refractivity contribution in [3.8, 4) is 11.1 Å². The zero-order valence-corrected chi connectivity index (χ0v) is 36.8. The van der Waals surface area contributed by atoms with Gasteiger partial charge in [0.2, 0.25) is 17.4 Å². The van der Waals surface area contributed by atoms with Crippen molar-refractivity contribution < 1.29 is 46.3 Å². The number of nitrogens with zero attached hydrogens (tertiary/aromatic N) is 3. The van der Waals surface area contributed by atoms with E-state index in [0.717, 1.165) is 48.6 Å². The van der Waals surface area contributed by atoms with Gasteiger partial charge in [0.1, 0.15) is 11.9 Å². The van der Waals surface area contributed by atoms with Crippen molar-refractivity contribution in [1.29, 1.82) is 0 Å². The number of nitrogens with one attached hydrogen (secondary N) is 4. The number of aryl methyl sites for hydroxylation is 1. The number of halogens is 4. The highest BCUT2D eigenvalue weighted by molar-refractivity contribution is 6.24. The summed E-state index contributed by atoms with van der Waals surface area (Å²) in [5.74, 6) is -4.45. The van der Waals surface area contributed by atoms with Crippen LogP contribution in [0, 0.1) is 5.82 Å². The van der Waals surface area contributed by atoms with Gasteiger partial charge in [-0.25, -0.2) is 4.39 Å². The summed E-state index contributed by atoms with van der Waals surface area (Å²) in [5.41, 5.74) is -0.754. The number of alkyl halides is 3. The van der Waals surface area contributed by atoms with Gasteiger partial charge in [-0.15, -0.1) is 0 Å². The molecule has 3 aromatic carbocycles. The number of piperazine rings is 1. The number of unbranched alkanes of at least 4 members (excludes halogenated alkanes) is 5. The van der Waals surface area contributed by atoms with Crippen molar-refractivity contribution in [2.45, 2.75) is 95.9 Å². The minimum absolute atomic E-state index is 0.0482. The first-order chi connectivity index (χ1) is 31.4. The number of fused-ring (bicyclic) bond motifs is 1. The molecule has 4 N–H and O–H groups in total. The van der Waals surface area contributed by atoms with Crippen LogP contribution in [0.15, 0.2) is 71.7 Å². The second-order valence-corrected chi connectivity index (χ2v) is 17.2. The van der Waals surface area contributed by atoms with E-state index in [-0.39, 0.29) is 47.3 Å². The summed E-state index contributed by atoms with van der Waals surface area (Å²) in [5, 5.41) is 7.62. The highest BCUT2D eigenvalue weighted by Gasteiger charge is 2.45. The largest absolute Gasteiger partial charge is 0.417 e. The summed E-state index contributed by atoms with van der Waals surface area (Å²) in [6.45, 7) is 5.49. The monoisotopic (exact) mass is 913 g/mol. The number of likely N-dealkylation sites (N-methyl/N-ethyl adjacent to an activating group) is 1. The maximum absolute atomic E-state index is 15.8. The van der Waals surface area contributed by atoms with E-state index in [0.29, 0.717) is 61.6 Å². The Hall–Kier alpha value is -6.69. The molecule has 0 bridgehead atoms. The summed E-state index contributed by atoms with van der Waals surface area (Å²) in [4.78, 5) is 96.1. The molecule has 0 aliphatic carbocycles. The molecular formula is C48H51F4N7O7. The summed E-state index contributed by atoms with van der Waals surface area (Å²) >= 11 is 0. The Bertz CT molecular complexity index is 2620. The molecule has 3 atom stereocenters. The molecule has 4 aromatic rings. The molecule has 2 fully saturated rings. The highest BCUT2D eigenvalue weighted by atomic mass is 19.4. The number of carbonyl (C=O) groups is 6. The van der Waals surface area contributed by atoms with Crippen LogP contribution in [0.1, 0.15) is 118 Å². The Kier molecular flexibility index (Phi) is 14.2. The van der Waals surface area contributed by atoms with Gasteiger partial charge in [-0.2, -0.15) is 13.2 Å². The zero-order chi connectivity index (χ0) is 47.4. The van der Waals surface area contributed by atoms with Gasteiger partial charge >= 0.3 is 6.18 Å². The number of hydrogen-bond acceptors (Lipinski definition) is 9. The van der Waals surface area contributed by atoms with E-state index in [9.17, 15) is 46.7 Å². The molecule has 18 heteroatoms. The van der Waals surface area contributed by atoms with E-state index in [1.54, 1.807) is 24.3 Å². The lowest BCUT2D eigenvalue weighted by molar-refractivity contribution is -0.138. The fraction of sp³-hybridized carbons (Fsp3) is 0.396. The smallest absolute Gasteiger partial charge is 0.367 e. The van der Waals surface area contributed by atoms with Crippen molar-refractivity contribution in [2.24, 2.45) is 0 Å². The molecule has 348 valence electrons. The molecule has 1 unspecified atom stereocenters. The lowest BCUT2D eigenvalue weighted by Gasteiger charge is -2.44. The highest BCUT2D eigenvalue weighted by Crippen LogP contribution is 2.37. The van der Waals surface area contributed by atoms with Crippen LogP contribution in [0.3, 0.4) is 0 Å². The summed E-state index contributed by atoms with van der Waals surface area (Å²) < 4.78 is 57.5. The van der Waals surface area contributed by atoms with Gasteiger partial charge in [0.25, 0.3) is 23.6 Å². The summed E-state index contributed by atoms with van der Waals surface area (Å²) in [6.07, 6.45) is 1.35. The predicted octanol–water partition coefficient (Wildman–Crippen LogP) is 6.70. The summed E-state index contributed by atoms with van der Waals surface area (Å²) in [7, 11) is 1.99. The van der Waals surface area contributed by atoms with Crippen molar-refractivity contribution in [3.05, 3.63) is 116 Å². The number of benzene rings is 3. The van der Waals surface area contributed by atoms with E-state index in [1.807, 2.05) is 31.9 Å². The second kappa shape index (κ2) is 19.8. The fourth-order valence-electron chi connectivity index (χ4n) is 8.90. The molecule has 0 spiro atoms. The Balaban J connectivity index is 0.918. The normalized spacial score (nSPS) is 18.9. The number of H-pyrrole nitrogens is 1. The standard InChI is InChI=1S/C48H51F4N7O7/c1-27-25-58(26-28(2)57(27)3)38-17-15-30(22-37(38)55-44(63)34-24-54-41(61)23-35(34)48(50,51)52)32-16-14-31(21-36(32)49)43(62)53-20-9-7-5-4-6-8-11-29-12-10-13-33-42(29)47(66)59(46(33)65)39-18-19-40(60)56-45(39)64/h10,12-17,21-24,27-28,39H,4-9,11,18-20,25-26H2,1-3H3,(H,53,62)(H,54,61)(H,55,63)(H,56,60,64)/t27-,28+,39?. The molecule has 3 aliphatic heterocycles. The number of piperidine rings is 1. The lowest BCUT2D eigenvalue weighted by Crippen LogP contribution is -2.55. The van der Waals surface area contributed by atoms with Gasteiger partial charge in [0.05, 0.1) is 33.6 Å². The van der Waals surface area contributed by atoms with E-state index in [1.165, 1.54) is 18.2 Å². The van der Waals surface area contributed by atoms with E-state index >= 15 is 4.39 Å². The number of imide groups is 2. The van der Waals surface area contributed by atoms with Gasteiger partial charge in [-0.1, -0.05) is 49.9 Å². The van der Waals surface area contributed by atoms with Gasteiger partial charge in [-0.3, -0.25) is 48.7 Å². The predicted molar refractivity (Wildman–Crippen MR) is 238 cm³/mol. The second-order valence-electron chi connectivity index (χ2n) is 17.2. The fourth-order valence-corrected chi connectivity index (χ4v) is 8.90. The lowest BCUT2D eigenvalue weighted by atomic mass is 9.97. The SMILES string of the molecule is C[C@@H]1CN(c2ccc(-c3ccc(C(=O)NCCCCCCCCc4cccc5c4C(=O)N(C4CCC(=O)NC4=O)C5=O)cc3F)cc2NC(=O)c2c[nH]c(=O)cc2C(F)(F)F)C[C@H](C)N1C. The Labute approximate surface area is 378 Å². The first-order valence-corrected chi connectivity index (χ1v) is 22.1. The number of aromatic nitrogens is 1. The quantitative estimate of drug-likeness (QED) is 0.0574. The van der Waals surface area contributed by atoms with Crippen molar-refractivity contribution in [2.75, 3.05) is 36.9 Å². The average Bonchev–Trinajstić information content (AvgIpc) is 3.52. The third-order valence-electron chi connectivity index (χ3n) is 12.7. The Morgan fingerprint density at radius 2 is 1.53 bits per heavy atom. The first-order valence-electron chi connectivity index (χ1n) is 22.1. The minimum atomic E-state index is -4.98. The third-order valence-corrected chi connectivity index (χ3v) is 12.7. The molecule has 4 heterocycles. The molecule has 7 rings (SSSR count). The van der Waals surface area contributed by atoms with Gasteiger partial charge in [0, 0.05) is 61.5 Å². The van der Waals surface area contributed by atoms with Gasteiger partial charge < -0.3 is 20.5 Å². The summed E-state index contributed by atoms with van der Waals surface area (Å²) in [6, 6.07) is 13.4. The Morgan fingerprint density at radius 1 is 0.818 bits per heavy atom. The topological polar surface area (TPSA) is 181 Å². The molecule has 0 radical (unpaired) electrons. The van der Waals surface area contributed by atoms with E-state index in [2.05, 4.69) is 25.8 Å². The third kappa shape index (κ3) is 10.2.